The van der Waals surface area contributed by atoms with Gasteiger partial charge in [-0.3, -0.25) is 4.79 Å². The van der Waals surface area contributed by atoms with Crippen molar-refractivity contribution in [3.05, 3.63) is 65.2 Å². The van der Waals surface area contributed by atoms with Crippen LogP contribution in [0.15, 0.2) is 48.5 Å². The highest BCUT2D eigenvalue weighted by atomic mass is 16.1. The van der Waals surface area contributed by atoms with Gasteiger partial charge in [0.15, 0.2) is 5.78 Å². The van der Waals surface area contributed by atoms with Gasteiger partial charge in [-0.2, -0.15) is 0 Å². The van der Waals surface area contributed by atoms with Crippen molar-refractivity contribution in [2.45, 2.75) is 26.2 Å². The zero-order valence-corrected chi connectivity index (χ0v) is 11.2. The molecular formula is C17H19NO. The summed E-state index contributed by atoms with van der Waals surface area (Å²) in [5.74, 6) is 0.194. The molecule has 0 bridgehead atoms. The number of hydrogen-bond acceptors (Lipinski definition) is 2. The van der Waals surface area contributed by atoms with Gasteiger partial charge in [0.05, 0.1) is 0 Å². The maximum absolute atomic E-state index is 12.1. The van der Waals surface area contributed by atoms with Crippen molar-refractivity contribution < 1.29 is 4.79 Å². The van der Waals surface area contributed by atoms with Crippen LogP contribution in [0.3, 0.4) is 0 Å². The van der Waals surface area contributed by atoms with Crippen molar-refractivity contribution >= 4 is 11.5 Å². The Labute approximate surface area is 114 Å². The third-order valence-corrected chi connectivity index (χ3v) is 3.30. The SMILES string of the molecule is CCc1ccc(C(=O)CCc2ccc(N)cc2)cc1. The molecule has 2 aromatic rings. The molecule has 0 saturated heterocycles. The van der Waals surface area contributed by atoms with E-state index in [0.717, 1.165) is 29.7 Å². The number of Topliss-reactive ketones (excluding diaryl/α,β-unsaturated/α-hetero) is 1. The lowest BCUT2D eigenvalue weighted by molar-refractivity contribution is 0.0983. The molecule has 0 aromatic heterocycles. The Hall–Kier alpha value is -2.09. The Morgan fingerprint density at radius 2 is 1.53 bits per heavy atom. The van der Waals surface area contributed by atoms with Gasteiger partial charge in [0.1, 0.15) is 0 Å². The second kappa shape index (κ2) is 6.19. The van der Waals surface area contributed by atoms with Gasteiger partial charge in [-0.05, 0) is 36.1 Å². The highest BCUT2D eigenvalue weighted by Crippen LogP contribution is 2.12. The van der Waals surface area contributed by atoms with Crippen LogP contribution >= 0.6 is 0 Å². The van der Waals surface area contributed by atoms with Gasteiger partial charge in [-0.15, -0.1) is 0 Å². The number of carbonyl (C=O) groups excluding carboxylic acids is 1. The topological polar surface area (TPSA) is 43.1 Å². The summed E-state index contributed by atoms with van der Waals surface area (Å²) in [5, 5.41) is 0. The molecule has 0 radical (unpaired) electrons. The molecule has 0 fully saturated rings. The monoisotopic (exact) mass is 253 g/mol. The molecular weight excluding hydrogens is 234 g/mol. The first-order valence-electron chi connectivity index (χ1n) is 6.65. The fourth-order valence-corrected chi connectivity index (χ4v) is 2.01. The van der Waals surface area contributed by atoms with E-state index in [1.165, 1.54) is 5.56 Å². The summed E-state index contributed by atoms with van der Waals surface area (Å²) >= 11 is 0. The first-order valence-corrected chi connectivity index (χ1v) is 6.65. The summed E-state index contributed by atoms with van der Waals surface area (Å²) in [4.78, 5) is 12.1. The second-order valence-corrected chi connectivity index (χ2v) is 4.72. The first-order chi connectivity index (χ1) is 9.19. The molecule has 2 rings (SSSR count). The summed E-state index contributed by atoms with van der Waals surface area (Å²) in [5.41, 5.74) is 9.59. The minimum Gasteiger partial charge on any atom is -0.399 e. The molecule has 2 heteroatoms. The van der Waals surface area contributed by atoms with Crippen LogP contribution in [0, 0.1) is 0 Å². The maximum Gasteiger partial charge on any atom is 0.163 e. The smallest absolute Gasteiger partial charge is 0.163 e. The molecule has 0 heterocycles. The lowest BCUT2D eigenvalue weighted by atomic mass is 10.0. The molecule has 0 aliphatic carbocycles. The maximum atomic E-state index is 12.1. The molecule has 0 saturated carbocycles. The molecule has 0 aliphatic heterocycles. The quantitative estimate of drug-likeness (QED) is 0.653. The number of aryl methyl sites for hydroxylation is 2. The zero-order valence-electron chi connectivity index (χ0n) is 11.2. The Morgan fingerprint density at radius 1 is 0.947 bits per heavy atom. The summed E-state index contributed by atoms with van der Waals surface area (Å²) in [7, 11) is 0. The minimum atomic E-state index is 0.194. The van der Waals surface area contributed by atoms with E-state index in [9.17, 15) is 4.79 Å². The predicted octanol–water partition coefficient (Wildman–Crippen LogP) is 3.65. The second-order valence-electron chi connectivity index (χ2n) is 4.72. The summed E-state index contributed by atoms with van der Waals surface area (Å²) < 4.78 is 0. The van der Waals surface area contributed by atoms with Crippen LogP contribution in [0.4, 0.5) is 5.69 Å². The third-order valence-electron chi connectivity index (χ3n) is 3.30. The number of ketones is 1. The fraction of sp³-hybridized carbons (Fsp3) is 0.235. The van der Waals surface area contributed by atoms with Gasteiger partial charge in [0.2, 0.25) is 0 Å². The van der Waals surface area contributed by atoms with Crippen molar-refractivity contribution in [2.24, 2.45) is 0 Å². The Bertz CT molecular complexity index is 540. The molecule has 98 valence electrons. The van der Waals surface area contributed by atoms with Crippen molar-refractivity contribution in [3.8, 4) is 0 Å². The molecule has 2 N–H and O–H groups in total. The van der Waals surface area contributed by atoms with Crippen molar-refractivity contribution in [3.63, 3.8) is 0 Å². The van der Waals surface area contributed by atoms with E-state index < -0.39 is 0 Å². The van der Waals surface area contributed by atoms with Gasteiger partial charge < -0.3 is 5.73 Å². The van der Waals surface area contributed by atoms with E-state index >= 15 is 0 Å². The van der Waals surface area contributed by atoms with Crippen LogP contribution in [0.5, 0.6) is 0 Å². The Kier molecular flexibility index (Phi) is 4.35. The average molecular weight is 253 g/mol. The molecule has 0 aliphatic rings. The van der Waals surface area contributed by atoms with Crippen molar-refractivity contribution in [1.82, 2.24) is 0 Å². The molecule has 0 unspecified atom stereocenters. The standard InChI is InChI=1S/C17H19NO/c1-2-13-3-8-15(9-4-13)17(19)12-7-14-5-10-16(18)11-6-14/h3-6,8-11H,2,7,12,18H2,1H3. The average Bonchev–Trinajstić information content (AvgIpc) is 2.46. The van der Waals surface area contributed by atoms with Crippen LogP contribution < -0.4 is 5.73 Å². The summed E-state index contributed by atoms with van der Waals surface area (Å²) in [6.07, 6.45) is 2.30. The van der Waals surface area contributed by atoms with Gasteiger partial charge in [0, 0.05) is 17.7 Å². The minimum absolute atomic E-state index is 0.194. The number of nitrogens with two attached hydrogens (primary N) is 1. The Morgan fingerprint density at radius 3 is 2.11 bits per heavy atom. The molecule has 0 spiro atoms. The highest BCUT2D eigenvalue weighted by Gasteiger charge is 2.06. The van der Waals surface area contributed by atoms with Gasteiger partial charge in [-0.25, -0.2) is 0 Å². The van der Waals surface area contributed by atoms with Crippen molar-refractivity contribution in [1.29, 1.82) is 0 Å². The van der Waals surface area contributed by atoms with E-state index in [1.807, 2.05) is 48.5 Å². The number of anilines is 1. The van der Waals surface area contributed by atoms with Crippen LogP contribution in [0.2, 0.25) is 0 Å². The van der Waals surface area contributed by atoms with Crippen LogP contribution in [0.1, 0.15) is 34.8 Å². The predicted molar refractivity (Wildman–Crippen MR) is 79.3 cm³/mol. The number of benzene rings is 2. The van der Waals surface area contributed by atoms with E-state index in [-0.39, 0.29) is 5.78 Å². The summed E-state index contributed by atoms with van der Waals surface area (Å²) in [6, 6.07) is 15.6. The lowest BCUT2D eigenvalue weighted by Gasteiger charge is -2.03. The highest BCUT2D eigenvalue weighted by molar-refractivity contribution is 5.96. The van der Waals surface area contributed by atoms with Crippen molar-refractivity contribution in [2.75, 3.05) is 5.73 Å². The number of rotatable bonds is 5. The number of hydrogen-bond donors (Lipinski definition) is 1. The van der Waals surface area contributed by atoms with Gasteiger partial charge in [0.25, 0.3) is 0 Å². The lowest BCUT2D eigenvalue weighted by Crippen LogP contribution is -2.01. The van der Waals surface area contributed by atoms with E-state index in [4.69, 9.17) is 5.73 Å². The van der Waals surface area contributed by atoms with E-state index in [0.29, 0.717) is 6.42 Å². The molecule has 19 heavy (non-hydrogen) atoms. The molecule has 2 aromatic carbocycles. The van der Waals surface area contributed by atoms with Crippen LogP contribution in [-0.2, 0) is 12.8 Å². The van der Waals surface area contributed by atoms with Gasteiger partial charge in [-0.1, -0.05) is 43.3 Å². The molecule has 0 amide bonds. The number of nitrogen functional groups attached to an aromatic ring is 1. The summed E-state index contributed by atoms with van der Waals surface area (Å²) in [6.45, 7) is 2.11. The van der Waals surface area contributed by atoms with Crippen LogP contribution in [0.25, 0.3) is 0 Å². The third kappa shape index (κ3) is 3.68. The van der Waals surface area contributed by atoms with Crippen LogP contribution in [-0.4, -0.2) is 5.78 Å². The molecule has 2 nitrogen and oxygen atoms in total. The zero-order chi connectivity index (χ0) is 13.7. The number of carbonyl (C=O) groups is 1. The largest absolute Gasteiger partial charge is 0.399 e. The first kappa shape index (κ1) is 13.3. The van der Waals surface area contributed by atoms with Gasteiger partial charge >= 0.3 is 0 Å². The van der Waals surface area contributed by atoms with E-state index in [1.54, 1.807) is 0 Å². The van der Waals surface area contributed by atoms with E-state index in [2.05, 4.69) is 6.92 Å². The fourth-order valence-electron chi connectivity index (χ4n) is 2.01. The normalized spacial score (nSPS) is 10.4. The molecule has 0 atom stereocenters. The Balaban J connectivity index is 1.95.